The molecule has 3 saturated carbocycles. The lowest BCUT2D eigenvalue weighted by molar-refractivity contribution is -0.185. The number of ether oxygens (including phenoxy) is 1. The summed E-state index contributed by atoms with van der Waals surface area (Å²) < 4.78 is 13.2. The first-order valence-corrected chi connectivity index (χ1v) is 6.19. The highest BCUT2D eigenvalue weighted by molar-refractivity contribution is 5.69. The SMILES string of the molecule is [2H]C12CC(C3CN(C(=O)OC(C)(C)C)C3)(C1)C2. The fraction of sp³-hybridized carbons (Fsp3) is 0.923. The molecule has 4 aliphatic rings. The first kappa shape index (κ1) is 9.32. The zero-order valence-electron chi connectivity index (χ0n) is 11.4. The molecule has 1 amide bonds. The molecule has 1 saturated heterocycles. The summed E-state index contributed by atoms with van der Waals surface area (Å²) in [6.45, 7) is 7.36. The molecule has 4 rings (SSSR count). The van der Waals surface area contributed by atoms with Crippen molar-refractivity contribution in [1.82, 2.24) is 4.90 Å². The maximum atomic E-state index is 11.8. The molecule has 16 heavy (non-hydrogen) atoms. The topological polar surface area (TPSA) is 29.5 Å². The Morgan fingerprint density at radius 2 is 1.94 bits per heavy atom. The van der Waals surface area contributed by atoms with Crippen LogP contribution in [0.15, 0.2) is 0 Å². The minimum Gasteiger partial charge on any atom is -0.444 e. The smallest absolute Gasteiger partial charge is 0.410 e. The molecule has 3 nitrogen and oxygen atoms in total. The second kappa shape index (κ2) is 2.93. The Labute approximate surface area is 98.5 Å². The Morgan fingerprint density at radius 1 is 1.38 bits per heavy atom. The first-order valence-electron chi connectivity index (χ1n) is 6.69. The van der Waals surface area contributed by atoms with Crippen molar-refractivity contribution in [1.29, 1.82) is 0 Å². The largest absolute Gasteiger partial charge is 0.444 e. The maximum absolute atomic E-state index is 11.8. The molecule has 0 radical (unpaired) electrons. The zero-order chi connectivity index (χ0) is 12.5. The number of nitrogens with zero attached hydrogens (tertiary/aromatic N) is 1. The number of carbonyl (C=O) groups excluding carboxylic acids is 1. The first-order chi connectivity index (χ1) is 7.72. The van der Waals surface area contributed by atoms with Gasteiger partial charge >= 0.3 is 6.09 Å². The number of rotatable bonds is 1. The minimum atomic E-state index is -0.399. The van der Waals surface area contributed by atoms with Crippen LogP contribution in [0.2, 0.25) is 0 Å². The average molecular weight is 224 g/mol. The van der Waals surface area contributed by atoms with E-state index in [2.05, 4.69) is 0 Å². The second-order valence-corrected chi connectivity index (χ2v) is 6.72. The van der Waals surface area contributed by atoms with Crippen LogP contribution in [0.3, 0.4) is 0 Å². The number of carbonyl (C=O) groups is 1. The lowest BCUT2D eigenvalue weighted by Gasteiger charge is -2.68. The van der Waals surface area contributed by atoms with Gasteiger partial charge in [-0.3, -0.25) is 0 Å². The summed E-state index contributed by atoms with van der Waals surface area (Å²) in [5, 5.41) is 0. The molecule has 4 fully saturated rings. The summed E-state index contributed by atoms with van der Waals surface area (Å²) in [4.78, 5) is 13.6. The van der Waals surface area contributed by atoms with Gasteiger partial charge in [0.25, 0.3) is 0 Å². The van der Waals surface area contributed by atoms with E-state index in [4.69, 9.17) is 6.11 Å². The standard InChI is InChI=1S/C13H21NO2/c1-12(2,3)16-11(15)14-7-10(8-14)13-4-9(5-13)6-13/h9-10H,4-8H2,1-3H3/i9D. The number of hydrogen-bond acceptors (Lipinski definition) is 2. The van der Waals surface area contributed by atoms with Crippen molar-refractivity contribution in [2.24, 2.45) is 17.2 Å². The van der Waals surface area contributed by atoms with Gasteiger partial charge in [0, 0.05) is 20.4 Å². The molecule has 3 aliphatic carbocycles. The Morgan fingerprint density at radius 3 is 2.38 bits per heavy atom. The summed E-state index contributed by atoms with van der Waals surface area (Å²) in [6.07, 6.45) is 3.01. The molecule has 0 N–H and O–H groups in total. The number of amides is 1. The zero-order valence-corrected chi connectivity index (χ0v) is 10.4. The predicted octanol–water partition coefficient (Wildman–Crippen LogP) is 2.65. The molecule has 0 unspecified atom stereocenters. The third-order valence-corrected chi connectivity index (χ3v) is 4.21. The Balaban J connectivity index is 1.48. The van der Waals surface area contributed by atoms with Gasteiger partial charge in [-0.1, -0.05) is 0 Å². The van der Waals surface area contributed by atoms with Crippen molar-refractivity contribution >= 4 is 6.09 Å². The Hall–Kier alpha value is -0.730. The van der Waals surface area contributed by atoms with E-state index in [0.717, 1.165) is 32.4 Å². The Bertz CT molecular complexity index is 348. The van der Waals surface area contributed by atoms with Crippen LogP contribution in [0.25, 0.3) is 0 Å². The molecular weight excluding hydrogens is 202 g/mol. The van der Waals surface area contributed by atoms with Crippen LogP contribution in [-0.2, 0) is 4.74 Å². The van der Waals surface area contributed by atoms with Crippen LogP contribution in [-0.4, -0.2) is 29.7 Å². The molecule has 0 aromatic rings. The van der Waals surface area contributed by atoms with Gasteiger partial charge in [0.1, 0.15) is 5.60 Å². The lowest BCUT2D eigenvalue weighted by Crippen LogP contribution is -2.66. The molecule has 0 aromatic heterocycles. The lowest BCUT2D eigenvalue weighted by atomic mass is 9.39. The van der Waals surface area contributed by atoms with Gasteiger partial charge < -0.3 is 9.64 Å². The molecular formula is C13H21NO2. The molecule has 3 heteroatoms. The monoisotopic (exact) mass is 224 g/mol. The van der Waals surface area contributed by atoms with Gasteiger partial charge in [-0.25, -0.2) is 4.79 Å². The van der Waals surface area contributed by atoms with Gasteiger partial charge in [-0.15, -0.1) is 0 Å². The van der Waals surface area contributed by atoms with Crippen LogP contribution in [0, 0.1) is 17.2 Å². The van der Waals surface area contributed by atoms with Crippen molar-refractivity contribution < 1.29 is 10.9 Å². The predicted molar refractivity (Wildman–Crippen MR) is 61.1 cm³/mol. The molecule has 0 aromatic carbocycles. The Kier molecular flexibility index (Phi) is 1.71. The molecule has 90 valence electrons. The highest BCUT2D eigenvalue weighted by Crippen LogP contribution is 2.69. The molecule has 1 heterocycles. The fourth-order valence-corrected chi connectivity index (χ4v) is 3.11. The highest BCUT2D eigenvalue weighted by Gasteiger charge is 2.62. The van der Waals surface area contributed by atoms with Crippen molar-refractivity contribution in [3.63, 3.8) is 0 Å². The molecule has 1 aliphatic heterocycles. The normalized spacial score (nSPS) is 42.7. The average Bonchev–Trinajstić information content (AvgIpc) is 1.91. The summed E-state index contributed by atoms with van der Waals surface area (Å²) in [5.74, 6) is 0.550. The van der Waals surface area contributed by atoms with Crippen LogP contribution >= 0.6 is 0 Å². The van der Waals surface area contributed by atoms with Gasteiger partial charge in [0.2, 0.25) is 0 Å². The van der Waals surface area contributed by atoms with Crippen molar-refractivity contribution in [2.45, 2.75) is 45.6 Å². The summed E-state index contributed by atoms with van der Waals surface area (Å²) in [6, 6.07) is 0. The summed E-state index contributed by atoms with van der Waals surface area (Å²) >= 11 is 0. The van der Waals surface area contributed by atoms with E-state index in [9.17, 15) is 4.79 Å². The van der Waals surface area contributed by atoms with Gasteiger partial charge in [-0.05, 0) is 51.3 Å². The van der Waals surface area contributed by atoms with Crippen LogP contribution in [0.1, 0.15) is 41.4 Å². The summed E-state index contributed by atoms with van der Waals surface area (Å²) in [5.41, 5.74) is 0.0317. The van der Waals surface area contributed by atoms with Crippen LogP contribution < -0.4 is 0 Å². The number of likely N-dealkylation sites (tertiary alicyclic amines) is 1. The van der Waals surface area contributed by atoms with E-state index in [1.165, 1.54) is 0 Å². The molecule has 0 spiro atoms. The molecule has 2 bridgehead atoms. The van der Waals surface area contributed by atoms with Crippen LogP contribution in [0.4, 0.5) is 4.79 Å². The van der Waals surface area contributed by atoms with E-state index in [0.29, 0.717) is 11.3 Å². The number of hydrogen-bond donors (Lipinski definition) is 0. The fourth-order valence-electron chi connectivity index (χ4n) is 3.11. The van der Waals surface area contributed by atoms with E-state index < -0.39 is 5.60 Å². The maximum Gasteiger partial charge on any atom is 0.410 e. The quantitative estimate of drug-likeness (QED) is 0.685. The van der Waals surface area contributed by atoms with Gasteiger partial charge in [-0.2, -0.15) is 0 Å². The highest BCUT2D eigenvalue weighted by atomic mass is 16.6. The van der Waals surface area contributed by atoms with E-state index in [1.807, 2.05) is 20.8 Å². The van der Waals surface area contributed by atoms with E-state index in [-0.39, 0.29) is 12.0 Å². The van der Waals surface area contributed by atoms with Crippen molar-refractivity contribution in [2.75, 3.05) is 13.1 Å². The molecule has 0 atom stereocenters. The van der Waals surface area contributed by atoms with E-state index in [1.54, 1.807) is 4.90 Å². The van der Waals surface area contributed by atoms with Crippen molar-refractivity contribution in [3.05, 3.63) is 0 Å². The van der Waals surface area contributed by atoms with Gasteiger partial charge in [0.05, 0.1) is 0 Å². The van der Waals surface area contributed by atoms with Gasteiger partial charge in [0.15, 0.2) is 0 Å². The third kappa shape index (κ3) is 1.44. The third-order valence-electron chi connectivity index (χ3n) is 4.21. The minimum absolute atomic E-state index is 0.0770. The second-order valence-electron chi connectivity index (χ2n) is 6.72. The van der Waals surface area contributed by atoms with E-state index >= 15 is 0 Å². The summed E-state index contributed by atoms with van der Waals surface area (Å²) in [7, 11) is 0. The van der Waals surface area contributed by atoms with Crippen molar-refractivity contribution in [3.8, 4) is 0 Å². The van der Waals surface area contributed by atoms with Crippen LogP contribution in [0.5, 0.6) is 0 Å².